The van der Waals surface area contributed by atoms with Crippen LogP contribution < -0.4 is 5.32 Å². The van der Waals surface area contributed by atoms with Crippen LogP contribution in [0.3, 0.4) is 0 Å². The molecule has 2 aromatic rings. The maximum atomic E-state index is 12.7. The molecule has 1 aliphatic rings. The zero-order chi connectivity index (χ0) is 20.1. The fourth-order valence-corrected chi connectivity index (χ4v) is 3.49. The first-order valence-electron chi connectivity index (χ1n) is 9.40. The van der Waals surface area contributed by atoms with Gasteiger partial charge in [0.05, 0.1) is 12.0 Å². The summed E-state index contributed by atoms with van der Waals surface area (Å²) in [5.41, 5.74) is 2.51. The second kappa shape index (κ2) is 8.69. The number of benzene rings is 2. The van der Waals surface area contributed by atoms with Crippen LogP contribution in [-0.4, -0.2) is 34.3 Å². The summed E-state index contributed by atoms with van der Waals surface area (Å²) in [4.78, 5) is 37.6. The van der Waals surface area contributed by atoms with E-state index in [1.54, 1.807) is 23.1 Å². The van der Waals surface area contributed by atoms with Crippen LogP contribution in [0.1, 0.15) is 36.9 Å². The summed E-state index contributed by atoms with van der Waals surface area (Å²) >= 11 is 0. The first kappa shape index (κ1) is 19.6. The molecule has 0 radical (unpaired) electrons. The number of rotatable bonds is 7. The lowest BCUT2D eigenvalue weighted by atomic mass is 10.1. The lowest BCUT2D eigenvalue weighted by molar-refractivity contribution is -0.137. The van der Waals surface area contributed by atoms with Crippen LogP contribution in [-0.2, 0) is 20.8 Å². The number of carbonyl (C=O) groups excluding carboxylic acids is 2. The number of anilines is 1. The molecule has 0 bridgehead atoms. The summed E-state index contributed by atoms with van der Waals surface area (Å²) in [5, 5.41) is 11.7. The summed E-state index contributed by atoms with van der Waals surface area (Å²) < 4.78 is 0. The fraction of sp³-hybridized carbons (Fsp3) is 0.318. The molecule has 28 heavy (non-hydrogen) atoms. The Labute approximate surface area is 164 Å². The number of aryl methyl sites for hydroxylation is 1. The fourth-order valence-electron chi connectivity index (χ4n) is 3.49. The topological polar surface area (TPSA) is 86.7 Å². The molecular formula is C22H24N2O4. The lowest BCUT2D eigenvalue weighted by Crippen LogP contribution is -2.30. The minimum atomic E-state index is -0.855. The van der Waals surface area contributed by atoms with Crippen LogP contribution in [0.2, 0.25) is 0 Å². The predicted molar refractivity (Wildman–Crippen MR) is 106 cm³/mol. The van der Waals surface area contributed by atoms with E-state index >= 15 is 0 Å². The Hall–Kier alpha value is -3.15. The molecule has 3 rings (SSSR count). The molecule has 6 nitrogen and oxygen atoms in total. The molecule has 2 atom stereocenters. The maximum Gasteiger partial charge on any atom is 0.303 e. The number of nitrogens with zero attached hydrogens (tertiary/aromatic N) is 1. The van der Waals surface area contributed by atoms with E-state index in [4.69, 9.17) is 5.11 Å². The van der Waals surface area contributed by atoms with Crippen LogP contribution in [0.4, 0.5) is 5.69 Å². The van der Waals surface area contributed by atoms with Crippen molar-refractivity contribution in [1.82, 2.24) is 4.90 Å². The van der Waals surface area contributed by atoms with Gasteiger partial charge in [-0.1, -0.05) is 42.5 Å². The molecule has 2 amide bonds. The number of carbonyl (C=O) groups is 3. The van der Waals surface area contributed by atoms with Crippen molar-refractivity contribution in [3.05, 3.63) is 65.7 Å². The van der Waals surface area contributed by atoms with Gasteiger partial charge in [0.15, 0.2) is 0 Å². The van der Waals surface area contributed by atoms with Crippen molar-refractivity contribution in [3.8, 4) is 0 Å². The van der Waals surface area contributed by atoms with Gasteiger partial charge < -0.3 is 15.3 Å². The predicted octanol–water partition coefficient (Wildman–Crippen LogP) is 3.25. The third-order valence-electron chi connectivity index (χ3n) is 5.10. The Bertz CT molecular complexity index is 866. The number of hydrogen-bond acceptors (Lipinski definition) is 3. The van der Waals surface area contributed by atoms with Gasteiger partial charge in [-0.05, 0) is 36.6 Å². The molecule has 1 heterocycles. The Morgan fingerprint density at radius 1 is 1.18 bits per heavy atom. The monoisotopic (exact) mass is 380 g/mol. The number of amides is 2. The van der Waals surface area contributed by atoms with E-state index in [0.717, 1.165) is 11.1 Å². The van der Waals surface area contributed by atoms with Crippen molar-refractivity contribution < 1.29 is 19.5 Å². The van der Waals surface area contributed by atoms with Gasteiger partial charge in [0.2, 0.25) is 11.8 Å². The number of aliphatic carboxylic acids is 1. The van der Waals surface area contributed by atoms with Crippen LogP contribution >= 0.6 is 0 Å². The van der Waals surface area contributed by atoms with Gasteiger partial charge >= 0.3 is 5.97 Å². The zero-order valence-electron chi connectivity index (χ0n) is 15.8. The highest BCUT2D eigenvalue weighted by Gasteiger charge is 2.37. The Balaban J connectivity index is 1.62. The first-order valence-corrected chi connectivity index (χ1v) is 9.40. The van der Waals surface area contributed by atoms with Crippen molar-refractivity contribution >= 4 is 23.5 Å². The number of hydrogen-bond donors (Lipinski definition) is 2. The second-order valence-electron chi connectivity index (χ2n) is 7.12. The quantitative estimate of drug-likeness (QED) is 0.772. The average Bonchev–Trinajstić information content (AvgIpc) is 3.08. The molecule has 2 unspecified atom stereocenters. The van der Waals surface area contributed by atoms with E-state index in [0.29, 0.717) is 18.7 Å². The van der Waals surface area contributed by atoms with Crippen LogP contribution in [0, 0.1) is 5.92 Å². The van der Waals surface area contributed by atoms with E-state index in [1.165, 1.54) is 0 Å². The summed E-state index contributed by atoms with van der Waals surface area (Å²) in [5.74, 6) is -1.47. The van der Waals surface area contributed by atoms with Gasteiger partial charge in [-0.2, -0.15) is 0 Å². The molecule has 1 saturated heterocycles. The molecule has 2 aromatic carbocycles. The third-order valence-corrected chi connectivity index (χ3v) is 5.10. The van der Waals surface area contributed by atoms with Crippen LogP contribution in [0.5, 0.6) is 0 Å². The van der Waals surface area contributed by atoms with E-state index in [-0.39, 0.29) is 30.7 Å². The van der Waals surface area contributed by atoms with Gasteiger partial charge in [-0.25, -0.2) is 0 Å². The van der Waals surface area contributed by atoms with Crippen molar-refractivity contribution in [3.63, 3.8) is 0 Å². The number of carboxylic acids is 1. The van der Waals surface area contributed by atoms with Gasteiger partial charge in [0, 0.05) is 25.1 Å². The smallest absolute Gasteiger partial charge is 0.303 e. The van der Waals surface area contributed by atoms with Crippen LogP contribution in [0.25, 0.3) is 0 Å². The molecule has 0 aliphatic carbocycles. The summed E-state index contributed by atoms with van der Waals surface area (Å²) in [6.45, 7) is 2.36. The van der Waals surface area contributed by atoms with Crippen molar-refractivity contribution in [2.75, 3.05) is 11.9 Å². The highest BCUT2D eigenvalue weighted by atomic mass is 16.4. The standard InChI is InChI=1S/C22H24N2O4/c1-15(17-7-3-2-4-8-17)24-14-18(13-20(24)25)22(28)23-19-9-5-6-16(12-19)10-11-21(26)27/h2-9,12,15,18H,10-11,13-14H2,1H3,(H,23,28)(H,26,27). The van der Waals surface area contributed by atoms with Gasteiger partial charge in [0.1, 0.15) is 0 Å². The molecule has 2 N–H and O–H groups in total. The van der Waals surface area contributed by atoms with Gasteiger partial charge in [-0.3, -0.25) is 14.4 Å². The molecule has 1 fully saturated rings. The number of likely N-dealkylation sites (tertiary alicyclic amines) is 1. The number of nitrogens with one attached hydrogen (secondary N) is 1. The Kier molecular flexibility index (Phi) is 6.09. The Morgan fingerprint density at radius 2 is 1.93 bits per heavy atom. The largest absolute Gasteiger partial charge is 0.481 e. The van der Waals surface area contributed by atoms with Gasteiger partial charge in [0.25, 0.3) is 0 Å². The highest BCUT2D eigenvalue weighted by Crippen LogP contribution is 2.29. The molecular weight excluding hydrogens is 356 g/mol. The molecule has 0 aromatic heterocycles. The summed E-state index contributed by atoms with van der Waals surface area (Å²) in [6, 6.07) is 16.9. The molecule has 146 valence electrons. The van der Waals surface area contributed by atoms with Crippen molar-refractivity contribution in [1.29, 1.82) is 0 Å². The first-order chi connectivity index (χ1) is 13.4. The molecule has 0 saturated carbocycles. The van der Waals surface area contributed by atoms with E-state index in [2.05, 4.69) is 5.32 Å². The van der Waals surface area contributed by atoms with E-state index in [9.17, 15) is 14.4 Å². The van der Waals surface area contributed by atoms with Crippen molar-refractivity contribution in [2.45, 2.75) is 32.2 Å². The van der Waals surface area contributed by atoms with Crippen molar-refractivity contribution in [2.24, 2.45) is 5.92 Å². The molecule has 6 heteroatoms. The highest BCUT2D eigenvalue weighted by molar-refractivity contribution is 5.97. The Morgan fingerprint density at radius 3 is 2.64 bits per heavy atom. The van der Waals surface area contributed by atoms with Gasteiger partial charge in [-0.15, -0.1) is 0 Å². The minimum Gasteiger partial charge on any atom is -0.481 e. The zero-order valence-corrected chi connectivity index (χ0v) is 15.8. The molecule has 1 aliphatic heterocycles. The summed E-state index contributed by atoms with van der Waals surface area (Å²) in [6.07, 6.45) is 0.645. The number of carboxylic acid groups (broad SMARTS) is 1. The summed E-state index contributed by atoms with van der Waals surface area (Å²) in [7, 11) is 0. The minimum absolute atomic E-state index is 0.0216. The maximum absolute atomic E-state index is 12.7. The normalized spacial score (nSPS) is 17.4. The van der Waals surface area contributed by atoms with E-state index < -0.39 is 11.9 Å². The van der Waals surface area contributed by atoms with Crippen LogP contribution in [0.15, 0.2) is 54.6 Å². The third kappa shape index (κ3) is 4.76. The van der Waals surface area contributed by atoms with E-state index in [1.807, 2.05) is 43.3 Å². The molecule has 0 spiro atoms. The average molecular weight is 380 g/mol. The SMILES string of the molecule is CC(c1ccccc1)N1CC(C(=O)Nc2cccc(CCC(=O)O)c2)CC1=O. The lowest BCUT2D eigenvalue weighted by Gasteiger charge is -2.25. The second-order valence-corrected chi connectivity index (χ2v) is 7.12.